The van der Waals surface area contributed by atoms with Crippen molar-refractivity contribution in [2.45, 2.75) is 58.1 Å². The highest BCUT2D eigenvalue weighted by molar-refractivity contribution is 7.87. The molecule has 0 atom stereocenters. The van der Waals surface area contributed by atoms with Crippen LogP contribution in [0.1, 0.15) is 41.5 Å². The predicted molar refractivity (Wildman–Crippen MR) is 65.1 cm³/mol. The molecule has 0 aromatic heterocycles. The zero-order valence-corrected chi connectivity index (χ0v) is 12.6. The maximum atomic E-state index is 10.9. The van der Waals surface area contributed by atoms with E-state index in [1.165, 1.54) is 13.8 Å². The average molecular weight is 289 g/mol. The summed E-state index contributed by atoms with van der Waals surface area (Å²) < 4.78 is 55.8. The van der Waals surface area contributed by atoms with E-state index in [-0.39, 0.29) is 6.10 Å². The molecule has 17 heavy (non-hydrogen) atoms. The zero-order valence-electron chi connectivity index (χ0n) is 11.0. The fraction of sp³-hybridized carbons (Fsp3) is 1.00. The summed E-state index contributed by atoms with van der Waals surface area (Å²) in [5, 5.41) is -1.23. The van der Waals surface area contributed by atoms with E-state index in [1.807, 2.05) is 0 Å². The smallest absolute Gasteiger partial charge is 0.269 e. The Morgan fingerprint density at radius 3 is 1.18 bits per heavy atom. The van der Waals surface area contributed by atoms with Crippen molar-refractivity contribution in [1.29, 1.82) is 0 Å². The van der Waals surface area contributed by atoms with Crippen LogP contribution in [0.3, 0.4) is 0 Å². The topological polar surface area (TPSA) is 101 Å². The number of hydrogen-bond acceptors (Lipinski definition) is 6. The largest absolute Gasteiger partial charge is 0.748 e. The molecule has 106 valence electrons. The molecule has 0 aliphatic carbocycles. The van der Waals surface area contributed by atoms with E-state index < -0.39 is 30.7 Å². The molecule has 0 amide bonds. The van der Waals surface area contributed by atoms with Gasteiger partial charge in [-0.2, -0.15) is 8.42 Å². The van der Waals surface area contributed by atoms with Gasteiger partial charge in [-0.25, -0.2) is 8.42 Å². The third-order valence-electron chi connectivity index (χ3n) is 1.48. The third kappa shape index (κ3) is 10.7. The van der Waals surface area contributed by atoms with Crippen LogP contribution in [0.25, 0.3) is 0 Å². The molecule has 0 fully saturated rings. The average Bonchev–Trinajstić information content (AvgIpc) is 1.99. The van der Waals surface area contributed by atoms with Crippen LogP contribution in [-0.2, 0) is 24.4 Å². The quantitative estimate of drug-likeness (QED) is 0.567. The summed E-state index contributed by atoms with van der Waals surface area (Å²) in [4.78, 5) is 0. The van der Waals surface area contributed by atoms with Gasteiger partial charge in [0, 0.05) is 5.25 Å². The normalized spacial score (nSPS) is 12.8. The molecule has 8 heteroatoms. The molecule has 0 N–H and O–H groups in total. The zero-order chi connectivity index (χ0) is 14.4. The van der Waals surface area contributed by atoms with Gasteiger partial charge in [0.15, 0.2) is 0 Å². The van der Waals surface area contributed by atoms with Gasteiger partial charge in [0.05, 0.1) is 21.5 Å². The molecular formula is C9H21O6S2-. The molecule has 0 aromatic rings. The van der Waals surface area contributed by atoms with Crippen LogP contribution in [0.4, 0.5) is 0 Å². The first kappa shape index (κ1) is 19.2. The Labute approximate surface area is 104 Å². The molecular weight excluding hydrogens is 268 g/mol. The molecule has 0 aliphatic heterocycles. The van der Waals surface area contributed by atoms with E-state index in [2.05, 4.69) is 4.18 Å². The maximum Gasteiger partial charge on any atom is 0.269 e. The summed E-state index contributed by atoms with van der Waals surface area (Å²) >= 11 is 0. The third-order valence-corrected chi connectivity index (χ3v) is 4.44. The maximum absolute atomic E-state index is 10.9. The van der Waals surface area contributed by atoms with Crippen LogP contribution in [0.2, 0.25) is 0 Å². The standard InChI is InChI=1S/C6H14O3S.C3H8O3S/c1-5(2)9-10(7,8)6(3)4;1-3(2)7(4,5)6/h5-6H,1-4H3;3H,1-2H3,(H,4,5,6)/p-1. The van der Waals surface area contributed by atoms with Gasteiger partial charge in [-0.1, -0.05) is 0 Å². The lowest BCUT2D eigenvalue weighted by atomic mass is 10.5. The van der Waals surface area contributed by atoms with Gasteiger partial charge in [-0.05, 0) is 41.5 Å². The highest BCUT2D eigenvalue weighted by atomic mass is 32.2. The minimum Gasteiger partial charge on any atom is -0.748 e. The summed E-state index contributed by atoms with van der Waals surface area (Å²) in [6.45, 7) is 9.28. The summed E-state index contributed by atoms with van der Waals surface area (Å²) in [6.07, 6.45) is -0.257. The molecule has 0 saturated heterocycles. The lowest BCUT2D eigenvalue weighted by Gasteiger charge is -2.10. The minimum absolute atomic E-state index is 0.257. The van der Waals surface area contributed by atoms with Crippen LogP contribution in [0, 0.1) is 0 Å². The van der Waals surface area contributed by atoms with Gasteiger partial charge in [0.1, 0.15) is 0 Å². The SMILES string of the molecule is CC(C)OS(=O)(=O)C(C)C.CC(C)S(=O)(=O)[O-]. The van der Waals surface area contributed by atoms with E-state index >= 15 is 0 Å². The van der Waals surface area contributed by atoms with Gasteiger partial charge in [-0.15, -0.1) is 0 Å². The Morgan fingerprint density at radius 2 is 1.12 bits per heavy atom. The predicted octanol–water partition coefficient (Wildman–Crippen LogP) is 1.09. The molecule has 0 spiro atoms. The van der Waals surface area contributed by atoms with Crippen molar-refractivity contribution in [3.63, 3.8) is 0 Å². The Morgan fingerprint density at radius 1 is 0.824 bits per heavy atom. The number of rotatable bonds is 4. The van der Waals surface area contributed by atoms with Gasteiger partial charge >= 0.3 is 0 Å². The molecule has 6 nitrogen and oxygen atoms in total. The second kappa shape index (κ2) is 7.30. The summed E-state index contributed by atoms with van der Waals surface area (Å²) in [5.41, 5.74) is 0. The van der Waals surface area contributed by atoms with E-state index in [1.54, 1.807) is 27.7 Å². The lowest BCUT2D eigenvalue weighted by Crippen LogP contribution is -2.20. The minimum atomic E-state index is -3.99. The summed E-state index contributed by atoms with van der Waals surface area (Å²) in [5.74, 6) is 0. The molecule has 0 unspecified atom stereocenters. The molecule has 0 saturated carbocycles. The van der Waals surface area contributed by atoms with Crippen LogP contribution >= 0.6 is 0 Å². The molecule has 0 radical (unpaired) electrons. The van der Waals surface area contributed by atoms with Gasteiger partial charge in [-0.3, -0.25) is 4.18 Å². The van der Waals surface area contributed by atoms with E-state index in [0.717, 1.165) is 0 Å². The molecule has 0 bridgehead atoms. The molecule has 0 heterocycles. The monoisotopic (exact) mass is 289 g/mol. The fourth-order valence-corrected chi connectivity index (χ4v) is 1.14. The Hall–Kier alpha value is -0.180. The highest BCUT2D eigenvalue weighted by Crippen LogP contribution is 2.05. The number of hydrogen-bond donors (Lipinski definition) is 0. The molecule has 0 aromatic carbocycles. The summed E-state index contributed by atoms with van der Waals surface area (Å²) in [6, 6.07) is 0. The Balaban J connectivity index is 0. The van der Waals surface area contributed by atoms with Crippen molar-refractivity contribution >= 4 is 20.2 Å². The fourth-order valence-electron chi connectivity index (χ4n) is 0.379. The van der Waals surface area contributed by atoms with Gasteiger partial charge in [0.25, 0.3) is 10.1 Å². The Bertz CT molecular complexity index is 391. The van der Waals surface area contributed by atoms with Crippen molar-refractivity contribution < 1.29 is 25.6 Å². The van der Waals surface area contributed by atoms with Crippen molar-refractivity contribution in [2.75, 3.05) is 0 Å². The highest BCUT2D eigenvalue weighted by Gasteiger charge is 2.17. The first-order valence-corrected chi connectivity index (χ1v) is 8.11. The van der Waals surface area contributed by atoms with Crippen LogP contribution < -0.4 is 0 Å². The van der Waals surface area contributed by atoms with Crippen LogP contribution in [0.15, 0.2) is 0 Å². The van der Waals surface area contributed by atoms with Crippen LogP contribution in [0.5, 0.6) is 0 Å². The first-order chi connectivity index (χ1) is 7.30. The van der Waals surface area contributed by atoms with Crippen molar-refractivity contribution in [2.24, 2.45) is 0 Å². The van der Waals surface area contributed by atoms with E-state index in [9.17, 15) is 21.4 Å². The first-order valence-electron chi connectivity index (χ1n) is 5.17. The molecule has 0 aliphatic rings. The Kier molecular flexibility index (Phi) is 8.23. The summed E-state index contributed by atoms with van der Waals surface area (Å²) in [7, 11) is -7.29. The van der Waals surface area contributed by atoms with Gasteiger partial charge < -0.3 is 4.55 Å². The van der Waals surface area contributed by atoms with Crippen LogP contribution in [-0.4, -0.2) is 38.0 Å². The van der Waals surface area contributed by atoms with Crippen molar-refractivity contribution in [1.82, 2.24) is 0 Å². The second-order valence-electron chi connectivity index (χ2n) is 4.23. The van der Waals surface area contributed by atoms with Crippen molar-refractivity contribution in [3.8, 4) is 0 Å². The van der Waals surface area contributed by atoms with Crippen molar-refractivity contribution in [3.05, 3.63) is 0 Å². The second-order valence-corrected chi connectivity index (χ2v) is 8.28. The van der Waals surface area contributed by atoms with E-state index in [4.69, 9.17) is 0 Å². The lowest BCUT2D eigenvalue weighted by molar-refractivity contribution is 0.246. The molecule has 0 rings (SSSR count). The van der Waals surface area contributed by atoms with E-state index in [0.29, 0.717) is 0 Å². The van der Waals surface area contributed by atoms with Gasteiger partial charge in [0.2, 0.25) is 0 Å².